The molecule has 0 aromatic heterocycles. The van der Waals surface area contributed by atoms with Crippen molar-refractivity contribution in [2.24, 2.45) is 5.92 Å². The number of rotatable bonds is 6. The molecule has 0 N–H and O–H groups in total. The van der Waals surface area contributed by atoms with Gasteiger partial charge in [-0.15, -0.1) is 0 Å². The summed E-state index contributed by atoms with van der Waals surface area (Å²) in [6.45, 7) is 1.02. The summed E-state index contributed by atoms with van der Waals surface area (Å²) in [4.78, 5) is 14.6. The van der Waals surface area contributed by atoms with E-state index in [0.717, 1.165) is 23.3 Å². The smallest absolute Gasteiger partial charge is 0.229 e. The Balaban J connectivity index is 1.60. The van der Waals surface area contributed by atoms with Crippen LogP contribution in [0.5, 0.6) is 17.2 Å². The Bertz CT molecular complexity index is 824. The first-order valence-electron chi connectivity index (χ1n) is 8.89. The van der Waals surface area contributed by atoms with Gasteiger partial charge in [-0.2, -0.15) is 0 Å². The van der Waals surface area contributed by atoms with Crippen molar-refractivity contribution in [1.82, 2.24) is 4.90 Å². The number of hydrogen-bond acceptors (Lipinski definition) is 4. The maximum Gasteiger partial charge on any atom is 0.229 e. The van der Waals surface area contributed by atoms with Crippen LogP contribution in [0.4, 0.5) is 0 Å². The first-order chi connectivity index (χ1) is 13.0. The summed E-state index contributed by atoms with van der Waals surface area (Å²) in [5, 5.41) is 0.659. The zero-order valence-electron chi connectivity index (χ0n) is 15.8. The van der Waals surface area contributed by atoms with Crippen LogP contribution < -0.4 is 14.2 Å². The molecule has 27 heavy (non-hydrogen) atoms. The molecule has 0 saturated carbocycles. The Kier molecular flexibility index (Phi) is 6.11. The maximum absolute atomic E-state index is 12.8. The molecule has 1 heterocycles. The van der Waals surface area contributed by atoms with Gasteiger partial charge in [0.05, 0.1) is 20.1 Å². The quantitative estimate of drug-likeness (QED) is 0.757. The second-order valence-electron chi connectivity index (χ2n) is 6.66. The van der Waals surface area contributed by atoms with Crippen LogP contribution in [0.15, 0.2) is 36.4 Å². The number of ether oxygens (including phenoxy) is 3. The predicted molar refractivity (Wildman–Crippen MR) is 105 cm³/mol. The van der Waals surface area contributed by atoms with Gasteiger partial charge in [-0.3, -0.25) is 4.79 Å². The highest BCUT2D eigenvalue weighted by Gasteiger charge is 2.28. The van der Waals surface area contributed by atoms with E-state index in [1.165, 1.54) is 0 Å². The molecule has 6 heteroatoms. The summed E-state index contributed by atoms with van der Waals surface area (Å²) in [6.07, 6.45) is 1.38. The summed E-state index contributed by atoms with van der Waals surface area (Å²) in [5.74, 6) is 2.10. The zero-order valence-corrected chi connectivity index (χ0v) is 16.6. The fraction of sp³-hybridized carbons (Fsp3) is 0.381. The minimum atomic E-state index is -0.189. The van der Waals surface area contributed by atoms with Crippen molar-refractivity contribution in [3.05, 3.63) is 52.5 Å². The average Bonchev–Trinajstić information content (AvgIpc) is 2.70. The van der Waals surface area contributed by atoms with Crippen LogP contribution in [-0.4, -0.2) is 45.2 Å². The van der Waals surface area contributed by atoms with Gasteiger partial charge in [0, 0.05) is 18.6 Å². The molecule has 2 aromatic rings. The highest BCUT2D eigenvalue weighted by Crippen LogP contribution is 2.31. The third-order valence-electron chi connectivity index (χ3n) is 4.84. The summed E-state index contributed by atoms with van der Waals surface area (Å²) in [7, 11) is 5.06. The van der Waals surface area contributed by atoms with Crippen molar-refractivity contribution in [2.45, 2.75) is 12.8 Å². The third-order valence-corrected chi connectivity index (χ3v) is 5.07. The second kappa shape index (κ2) is 8.53. The van der Waals surface area contributed by atoms with Gasteiger partial charge in [-0.05, 0) is 54.3 Å². The molecule has 0 bridgehead atoms. The van der Waals surface area contributed by atoms with Crippen molar-refractivity contribution >= 4 is 17.5 Å². The molecular weight excluding hydrogens is 366 g/mol. The molecule has 1 aliphatic rings. The Hall–Kier alpha value is -2.40. The molecule has 0 spiro atoms. The molecule has 5 nitrogen and oxygen atoms in total. The summed E-state index contributed by atoms with van der Waals surface area (Å²) < 4.78 is 16.3. The van der Waals surface area contributed by atoms with Gasteiger partial charge in [0.2, 0.25) is 5.91 Å². The predicted octanol–water partition coefficient (Wildman–Crippen LogP) is 3.61. The molecule has 1 aliphatic heterocycles. The van der Waals surface area contributed by atoms with E-state index in [1.807, 2.05) is 37.4 Å². The maximum atomic E-state index is 12.8. The van der Waals surface area contributed by atoms with Crippen molar-refractivity contribution in [2.75, 3.05) is 34.4 Å². The lowest BCUT2D eigenvalue weighted by Gasteiger charge is -2.28. The molecule has 1 atom stereocenters. The standard InChI is InChI=1S/C21H24ClNO4/c1-23(9-8-14-4-6-19(25-2)20(10-14)26-3)21(24)16-11-15-12-17(22)5-7-18(15)27-13-16/h4-7,10,12,16H,8-9,11,13H2,1-3H3. The minimum absolute atomic E-state index is 0.0844. The van der Waals surface area contributed by atoms with E-state index in [0.29, 0.717) is 36.1 Å². The molecule has 3 rings (SSSR count). The first kappa shape index (κ1) is 19.4. The van der Waals surface area contributed by atoms with Gasteiger partial charge in [-0.25, -0.2) is 0 Å². The third kappa shape index (κ3) is 4.48. The number of likely N-dealkylation sites (N-methyl/N-ethyl adjacent to an activating group) is 1. The zero-order chi connectivity index (χ0) is 19.4. The van der Waals surface area contributed by atoms with Gasteiger partial charge in [0.25, 0.3) is 0 Å². The number of benzene rings is 2. The first-order valence-corrected chi connectivity index (χ1v) is 9.26. The monoisotopic (exact) mass is 389 g/mol. The van der Waals surface area contributed by atoms with Crippen molar-refractivity contribution in [3.8, 4) is 17.2 Å². The number of amides is 1. The van der Waals surface area contributed by atoms with E-state index < -0.39 is 0 Å². The Morgan fingerprint density at radius 1 is 1.19 bits per heavy atom. The van der Waals surface area contributed by atoms with E-state index >= 15 is 0 Å². The summed E-state index contributed by atoms with van der Waals surface area (Å²) in [5.41, 5.74) is 2.07. The van der Waals surface area contributed by atoms with Crippen molar-refractivity contribution in [1.29, 1.82) is 0 Å². The van der Waals surface area contributed by atoms with E-state index in [1.54, 1.807) is 25.2 Å². The highest BCUT2D eigenvalue weighted by atomic mass is 35.5. The van der Waals surface area contributed by atoms with E-state index in [2.05, 4.69) is 0 Å². The van der Waals surface area contributed by atoms with Gasteiger partial charge < -0.3 is 19.1 Å². The van der Waals surface area contributed by atoms with Gasteiger partial charge in [0.1, 0.15) is 12.4 Å². The van der Waals surface area contributed by atoms with E-state index in [-0.39, 0.29) is 11.8 Å². The SMILES string of the molecule is COc1ccc(CCN(C)C(=O)C2COc3ccc(Cl)cc3C2)cc1OC. The van der Waals surface area contributed by atoms with Gasteiger partial charge in [-0.1, -0.05) is 17.7 Å². The fourth-order valence-corrected chi connectivity index (χ4v) is 3.47. The van der Waals surface area contributed by atoms with Crippen molar-refractivity contribution in [3.63, 3.8) is 0 Å². The Labute approximate surface area is 164 Å². The molecule has 144 valence electrons. The number of carbonyl (C=O) groups excluding carboxylic acids is 1. The van der Waals surface area contributed by atoms with Gasteiger partial charge >= 0.3 is 0 Å². The normalized spacial score (nSPS) is 15.5. The molecule has 0 radical (unpaired) electrons. The van der Waals surface area contributed by atoms with Crippen LogP contribution in [0.2, 0.25) is 5.02 Å². The van der Waals surface area contributed by atoms with E-state index in [9.17, 15) is 4.79 Å². The number of halogens is 1. The largest absolute Gasteiger partial charge is 0.493 e. The lowest BCUT2D eigenvalue weighted by Crippen LogP contribution is -2.39. The highest BCUT2D eigenvalue weighted by molar-refractivity contribution is 6.30. The number of carbonyl (C=O) groups is 1. The van der Waals surface area contributed by atoms with Crippen LogP contribution in [-0.2, 0) is 17.6 Å². The summed E-state index contributed by atoms with van der Waals surface area (Å²) >= 11 is 6.06. The number of nitrogens with zero attached hydrogens (tertiary/aromatic N) is 1. The molecule has 0 fully saturated rings. The molecule has 0 saturated heterocycles. The van der Waals surface area contributed by atoms with E-state index in [4.69, 9.17) is 25.8 Å². The molecular formula is C21H24ClNO4. The number of hydrogen-bond donors (Lipinski definition) is 0. The topological polar surface area (TPSA) is 48.0 Å². The van der Waals surface area contributed by atoms with Gasteiger partial charge in [0.15, 0.2) is 11.5 Å². The minimum Gasteiger partial charge on any atom is -0.493 e. The second-order valence-corrected chi connectivity index (χ2v) is 7.10. The Morgan fingerprint density at radius 3 is 2.70 bits per heavy atom. The lowest BCUT2D eigenvalue weighted by molar-refractivity contribution is -0.135. The molecule has 0 aliphatic carbocycles. The van der Waals surface area contributed by atoms with Crippen LogP contribution in [0.25, 0.3) is 0 Å². The molecule has 1 amide bonds. The van der Waals surface area contributed by atoms with Crippen LogP contribution in [0, 0.1) is 5.92 Å². The van der Waals surface area contributed by atoms with Crippen LogP contribution in [0.1, 0.15) is 11.1 Å². The fourth-order valence-electron chi connectivity index (χ4n) is 3.28. The Morgan fingerprint density at radius 2 is 1.96 bits per heavy atom. The molecule has 1 unspecified atom stereocenters. The van der Waals surface area contributed by atoms with Crippen molar-refractivity contribution < 1.29 is 19.0 Å². The average molecular weight is 390 g/mol. The van der Waals surface area contributed by atoms with Crippen LogP contribution in [0.3, 0.4) is 0 Å². The summed E-state index contributed by atoms with van der Waals surface area (Å²) in [6, 6.07) is 11.4. The number of methoxy groups -OCH3 is 2. The van der Waals surface area contributed by atoms with Crippen LogP contribution >= 0.6 is 11.6 Å². The molecule has 2 aromatic carbocycles. The lowest BCUT2D eigenvalue weighted by atomic mass is 9.95. The number of fused-ring (bicyclic) bond motifs is 1.